The van der Waals surface area contributed by atoms with E-state index in [1.807, 2.05) is 9.24 Å². The molecule has 1 aromatic rings. The highest BCUT2D eigenvalue weighted by atomic mass is 31.0. The number of carbonyl (C=O) groups excluding carboxylic acids is 1. The van der Waals surface area contributed by atoms with Crippen LogP contribution in [0.3, 0.4) is 0 Å². The molecule has 0 saturated heterocycles. The smallest absolute Gasteiger partial charge is 0.249 e. The number of rotatable bonds is 4. The van der Waals surface area contributed by atoms with Crippen molar-refractivity contribution < 1.29 is 18.7 Å². The van der Waals surface area contributed by atoms with E-state index in [9.17, 15) is 9.18 Å². The van der Waals surface area contributed by atoms with E-state index >= 15 is 0 Å². The molecule has 0 aromatic heterocycles. The first kappa shape index (κ1) is 10.9. The maximum absolute atomic E-state index is 12.5. The number of alkyl halides is 1. The first-order valence-corrected chi connectivity index (χ1v) is 4.53. The first-order valence-electron chi connectivity index (χ1n) is 3.87. The van der Waals surface area contributed by atoms with Gasteiger partial charge in [-0.15, -0.1) is 0 Å². The average Bonchev–Trinajstić information content (AvgIpc) is 2.17. The van der Waals surface area contributed by atoms with Crippen LogP contribution in [0.4, 0.5) is 4.39 Å². The molecule has 0 amide bonds. The van der Waals surface area contributed by atoms with Gasteiger partial charge in [0.1, 0.15) is 6.29 Å². The molecule has 1 aromatic carbocycles. The maximum atomic E-state index is 12.5. The van der Waals surface area contributed by atoms with Crippen LogP contribution in [0.1, 0.15) is 10.4 Å². The molecular weight excluding hydrogens is 206 g/mol. The van der Waals surface area contributed by atoms with Gasteiger partial charge in [-0.25, -0.2) is 0 Å². The van der Waals surface area contributed by atoms with Crippen LogP contribution >= 0.6 is 9.24 Å². The van der Waals surface area contributed by atoms with E-state index in [0.29, 0.717) is 17.6 Å². The lowest BCUT2D eigenvalue weighted by atomic mass is 10.2. The van der Waals surface area contributed by atoms with Crippen molar-refractivity contribution in [1.29, 1.82) is 0 Å². The minimum absolute atomic E-state index is 0.264. The van der Waals surface area contributed by atoms with Crippen LogP contribution in [0.5, 0.6) is 11.5 Å². The molecule has 0 radical (unpaired) electrons. The van der Waals surface area contributed by atoms with Gasteiger partial charge in [-0.3, -0.25) is 4.79 Å². The van der Waals surface area contributed by atoms with Crippen LogP contribution in [0.15, 0.2) is 18.2 Å². The summed E-state index contributed by atoms with van der Waals surface area (Å²) in [5.41, 5.74) is 0.452. The zero-order valence-electron chi connectivity index (χ0n) is 7.57. The van der Waals surface area contributed by atoms with Crippen LogP contribution < -0.4 is 9.47 Å². The molecular formula is C9H10FO3P. The van der Waals surface area contributed by atoms with Gasteiger partial charge in [0.15, 0.2) is 11.5 Å². The number of ether oxygens (including phenoxy) is 2. The van der Waals surface area contributed by atoms with Gasteiger partial charge in [-0.1, -0.05) is 9.24 Å². The number of halogens is 1. The SMILES string of the molecule is COc1cc(C=O)ccc1OC(F)P. The lowest BCUT2D eigenvalue weighted by Gasteiger charge is -2.11. The summed E-state index contributed by atoms with van der Waals surface area (Å²) in [6.45, 7) is 0. The maximum Gasteiger partial charge on any atom is 0.249 e. The Balaban J connectivity index is 2.98. The third-order valence-electron chi connectivity index (χ3n) is 1.56. The zero-order chi connectivity index (χ0) is 10.6. The molecule has 0 spiro atoms. The predicted octanol–water partition coefficient (Wildman–Crippen LogP) is 2.01. The second-order valence-corrected chi connectivity index (χ2v) is 3.02. The summed E-state index contributed by atoms with van der Waals surface area (Å²) in [6, 6.07) is 4.49. The largest absolute Gasteiger partial charge is 0.493 e. The van der Waals surface area contributed by atoms with E-state index in [0.717, 1.165) is 0 Å². The molecule has 2 atom stereocenters. The van der Waals surface area contributed by atoms with E-state index < -0.39 is 6.10 Å². The summed E-state index contributed by atoms with van der Waals surface area (Å²) in [7, 11) is 3.28. The standard InChI is InChI=1S/C9H10FO3P/c1-12-8-4-6(5-11)2-3-7(8)13-9(10)14/h2-5,9H,14H2,1H3. The van der Waals surface area contributed by atoms with Crippen molar-refractivity contribution in [2.24, 2.45) is 0 Å². The number of hydrogen-bond donors (Lipinski definition) is 0. The highest BCUT2D eigenvalue weighted by Gasteiger charge is 2.08. The lowest BCUT2D eigenvalue weighted by molar-refractivity contribution is 0.112. The summed E-state index contributed by atoms with van der Waals surface area (Å²) in [4.78, 5) is 10.4. The van der Waals surface area contributed by atoms with Crippen LogP contribution in [0.25, 0.3) is 0 Å². The minimum atomic E-state index is -1.49. The number of hydrogen-bond acceptors (Lipinski definition) is 3. The molecule has 3 nitrogen and oxygen atoms in total. The lowest BCUT2D eigenvalue weighted by Crippen LogP contribution is -2.01. The van der Waals surface area contributed by atoms with Crippen molar-refractivity contribution in [2.75, 3.05) is 7.11 Å². The molecule has 2 unspecified atom stereocenters. The molecule has 0 aliphatic heterocycles. The molecule has 1 rings (SSSR count). The molecule has 0 saturated carbocycles. The average molecular weight is 216 g/mol. The normalized spacial score (nSPS) is 11.9. The topological polar surface area (TPSA) is 35.5 Å². The Bertz CT molecular complexity index is 328. The Morgan fingerprint density at radius 1 is 1.50 bits per heavy atom. The van der Waals surface area contributed by atoms with Crippen molar-refractivity contribution in [2.45, 2.75) is 6.10 Å². The molecule has 0 bridgehead atoms. The van der Waals surface area contributed by atoms with Gasteiger partial charge in [0.2, 0.25) is 6.10 Å². The fourth-order valence-corrected chi connectivity index (χ4v) is 1.12. The quantitative estimate of drug-likeness (QED) is 0.570. The van der Waals surface area contributed by atoms with Crippen LogP contribution in [0.2, 0.25) is 0 Å². The zero-order valence-corrected chi connectivity index (χ0v) is 8.72. The third-order valence-corrected chi connectivity index (χ3v) is 1.70. The number of carbonyl (C=O) groups is 1. The van der Waals surface area contributed by atoms with Crippen LogP contribution in [-0.4, -0.2) is 19.5 Å². The number of methoxy groups -OCH3 is 1. The van der Waals surface area contributed by atoms with Gasteiger partial charge in [-0.05, 0) is 18.2 Å². The first-order chi connectivity index (χ1) is 6.67. The molecule has 0 aliphatic rings. The van der Waals surface area contributed by atoms with E-state index in [1.54, 1.807) is 0 Å². The van der Waals surface area contributed by atoms with E-state index in [4.69, 9.17) is 9.47 Å². The van der Waals surface area contributed by atoms with Gasteiger partial charge < -0.3 is 9.47 Å². The molecule has 76 valence electrons. The summed E-state index contributed by atoms with van der Waals surface area (Å²) < 4.78 is 22.2. The minimum Gasteiger partial charge on any atom is -0.493 e. The molecule has 0 N–H and O–H groups in total. The van der Waals surface area contributed by atoms with Crippen molar-refractivity contribution in [3.8, 4) is 11.5 Å². The van der Waals surface area contributed by atoms with Crippen molar-refractivity contribution in [3.05, 3.63) is 23.8 Å². The summed E-state index contributed by atoms with van der Waals surface area (Å²) in [5, 5.41) is 0. The van der Waals surface area contributed by atoms with Gasteiger partial charge in [0.05, 0.1) is 7.11 Å². The predicted molar refractivity (Wildman–Crippen MR) is 53.6 cm³/mol. The Hall–Kier alpha value is -1.15. The van der Waals surface area contributed by atoms with Crippen molar-refractivity contribution in [1.82, 2.24) is 0 Å². The van der Waals surface area contributed by atoms with Crippen LogP contribution in [-0.2, 0) is 0 Å². The molecule has 14 heavy (non-hydrogen) atoms. The molecule has 0 fully saturated rings. The Morgan fingerprint density at radius 2 is 2.21 bits per heavy atom. The van der Waals surface area contributed by atoms with Gasteiger partial charge in [0.25, 0.3) is 0 Å². The number of benzene rings is 1. The monoisotopic (exact) mass is 216 g/mol. The molecule has 0 aliphatic carbocycles. The fourth-order valence-electron chi connectivity index (χ4n) is 0.976. The highest BCUT2D eigenvalue weighted by molar-refractivity contribution is 7.16. The van der Waals surface area contributed by atoms with Crippen molar-refractivity contribution >= 4 is 15.5 Å². The van der Waals surface area contributed by atoms with Gasteiger partial charge >= 0.3 is 0 Å². The molecule has 5 heteroatoms. The Labute approximate surface area is 83.4 Å². The second-order valence-electron chi connectivity index (χ2n) is 2.50. The molecule has 0 heterocycles. The fraction of sp³-hybridized carbons (Fsp3) is 0.222. The summed E-state index contributed by atoms with van der Waals surface area (Å²) in [5.74, 6) is 0.598. The van der Waals surface area contributed by atoms with Gasteiger partial charge in [0, 0.05) is 5.56 Å². The number of aldehydes is 1. The summed E-state index contributed by atoms with van der Waals surface area (Å²) >= 11 is 0. The van der Waals surface area contributed by atoms with E-state index in [1.165, 1.54) is 25.3 Å². The highest BCUT2D eigenvalue weighted by Crippen LogP contribution is 2.29. The second kappa shape index (κ2) is 4.91. The Kier molecular flexibility index (Phi) is 3.84. The summed E-state index contributed by atoms with van der Waals surface area (Å²) in [6.07, 6.45) is -0.814. The van der Waals surface area contributed by atoms with Crippen molar-refractivity contribution in [3.63, 3.8) is 0 Å². The van der Waals surface area contributed by atoms with Gasteiger partial charge in [-0.2, -0.15) is 4.39 Å². The third kappa shape index (κ3) is 2.67. The Morgan fingerprint density at radius 3 is 2.71 bits per heavy atom. The van der Waals surface area contributed by atoms with E-state index in [2.05, 4.69) is 0 Å². The van der Waals surface area contributed by atoms with E-state index in [-0.39, 0.29) is 5.75 Å². The van der Waals surface area contributed by atoms with Crippen LogP contribution in [0, 0.1) is 0 Å².